The van der Waals surface area contributed by atoms with Crippen molar-refractivity contribution in [2.24, 2.45) is 0 Å². The SMILES string of the molecule is CCCCCCCCC[CH]c1ccccc1C. The zero-order valence-corrected chi connectivity index (χ0v) is 11.5. The Balaban J connectivity index is 1.99. The fraction of sp³-hybridized carbons (Fsp3) is 0.588. The van der Waals surface area contributed by atoms with Gasteiger partial charge >= 0.3 is 0 Å². The Morgan fingerprint density at radius 2 is 1.53 bits per heavy atom. The lowest BCUT2D eigenvalue weighted by Crippen LogP contribution is -1.87. The number of rotatable bonds is 9. The quantitative estimate of drug-likeness (QED) is 0.479. The van der Waals surface area contributed by atoms with Crippen LogP contribution in [-0.2, 0) is 0 Å². The van der Waals surface area contributed by atoms with E-state index in [1.165, 1.54) is 62.5 Å². The van der Waals surface area contributed by atoms with E-state index >= 15 is 0 Å². The van der Waals surface area contributed by atoms with Gasteiger partial charge in [-0.3, -0.25) is 0 Å². The average molecular weight is 231 g/mol. The second-order valence-corrected chi connectivity index (χ2v) is 4.97. The molecule has 0 amide bonds. The molecule has 0 atom stereocenters. The lowest BCUT2D eigenvalue weighted by molar-refractivity contribution is 0.589. The van der Waals surface area contributed by atoms with Gasteiger partial charge in [-0.2, -0.15) is 0 Å². The highest BCUT2D eigenvalue weighted by molar-refractivity contribution is 5.31. The van der Waals surface area contributed by atoms with Crippen molar-refractivity contribution in [2.75, 3.05) is 0 Å². The predicted molar refractivity (Wildman–Crippen MR) is 77.2 cm³/mol. The van der Waals surface area contributed by atoms with Crippen molar-refractivity contribution in [1.82, 2.24) is 0 Å². The first-order valence-corrected chi connectivity index (χ1v) is 7.23. The summed E-state index contributed by atoms with van der Waals surface area (Å²) in [4.78, 5) is 0. The maximum atomic E-state index is 2.39. The molecule has 1 aromatic carbocycles. The van der Waals surface area contributed by atoms with Crippen LogP contribution in [0.15, 0.2) is 24.3 Å². The Morgan fingerprint density at radius 3 is 2.24 bits per heavy atom. The maximum Gasteiger partial charge on any atom is -0.00904 e. The molecule has 0 saturated carbocycles. The van der Waals surface area contributed by atoms with Crippen LogP contribution in [-0.4, -0.2) is 0 Å². The Morgan fingerprint density at radius 1 is 0.882 bits per heavy atom. The van der Waals surface area contributed by atoms with Crippen LogP contribution >= 0.6 is 0 Å². The predicted octanol–water partition coefficient (Wildman–Crippen LogP) is 5.69. The van der Waals surface area contributed by atoms with Gasteiger partial charge in [0.1, 0.15) is 0 Å². The van der Waals surface area contributed by atoms with Crippen LogP contribution in [0.5, 0.6) is 0 Å². The van der Waals surface area contributed by atoms with E-state index in [1.54, 1.807) is 0 Å². The summed E-state index contributed by atoms with van der Waals surface area (Å²) in [6, 6.07) is 8.65. The first-order chi connectivity index (χ1) is 8.34. The van der Waals surface area contributed by atoms with Crippen molar-refractivity contribution < 1.29 is 0 Å². The molecule has 1 radical (unpaired) electrons. The van der Waals surface area contributed by atoms with Crippen molar-refractivity contribution in [2.45, 2.75) is 65.2 Å². The molecular formula is C17H27. The van der Waals surface area contributed by atoms with E-state index in [2.05, 4.69) is 44.5 Å². The molecule has 0 spiro atoms. The zero-order valence-electron chi connectivity index (χ0n) is 11.5. The highest BCUT2D eigenvalue weighted by Gasteiger charge is 1.97. The first-order valence-electron chi connectivity index (χ1n) is 7.23. The van der Waals surface area contributed by atoms with Crippen LogP contribution in [0.4, 0.5) is 0 Å². The number of hydrogen-bond acceptors (Lipinski definition) is 0. The number of benzene rings is 1. The van der Waals surface area contributed by atoms with E-state index in [4.69, 9.17) is 0 Å². The molecule has 0 N–H and O–H groups in total. The topological polar surface area (TPSA) is 0 Å². The molecular weight excluding hydrogens is 204 g/mol. The minimum Gasteiger partial charge on any atom is -0.0654 e. The third kappa shape index (κ3) is 6.51. The number of hydrogen-bond donors (Lipinski definition) is 0. The van der Waals surface area contributed by atoms with Crippen molar-refractivity contribution in [1.29, 1.82) is 0 Å². The zero-order chi connectivity index (χ0) is 12.3. The highest BCUT2D eigenvalue weighted by Crippen LogP contribution is 2.15. The van der Waals surface area contributed by atoms with Crippen molar-refractivity contribution >= 4 is 0 Å². The molecule has 0 unspecified atom stereocenters. The van der Waals surface area contributed by atoms with E-state index in [9.17, 15) is 0 Å². The normalized spacial score (nSPS) is 10.7. The third-order valence-corrected chi connectivity index (χ3v) is 3.36. The largest absolute Gasteiger partial charge is 0.0654 e. The monoisotopic (exact) mass is 231 g/mol. The standard InChI is InChI=1S/C17H27/c1-3-4-5-6-7-8-9-10-14-17-15-12-11-13-16(17)2/h11-15H,3-10H2,1-2H3. The lowest BCUT2D eigenvalue weighted by Gasteiger charge is -2.05. The van der Waals surface area contributed by atoms with E-state index in [0.29, 0.717) is 0 Å². The number of unbranched alkanes of at least 4 members (excludes halogenated alkanes) is 7. The Bertz CT molecular complexity index is 288. The molecule has 0 fully saturated rings. The van der Waals surface area contributed by atoms with Gasteiger partial charge in [0, 0.05) is 0 Å². The summed E-state index contributed by atoms with van der Waals surface area (Å²) in [5, 5.41) is 0. The molecule has 0 aromatic heterocycles. The fourth-order valence-electron chi connectivity index (χ4n) is 2.17. The summed E-state index contributed by atoms with van der Waals surface area (Å²) in [5.41, 5.74) is 2.81. The molecule has 0 nitrogen and oxygen atoms in total. The minimum absolute atomic E-state index is 1.23. The van der Waals surface area contributed by atoms with Gasteiger partial charge in [-0.05, 0) is 30.9 Å². The molecule has 0 heteroatoms. The summed E-state index contributed by atoms with van der Waals surface area (Å²) in [5.74, 6) is 0. The third-order valence-electron chi connectivity index (χ3n) is 3.36. The second-order valence-electron chi connectivity index (χ2n) is 4.97. The summed E-state index contributed by atoms with van der Waals surface area (Å²) in [6.07, 6.45) is 13.4. The molecule has 1 aromatic rings. The first kappa shape index (κ1) is 14.3. The van der Waals surface area contributed by atoms with Crippen molar-refractivity contribution in [3.63, 3.8) is 0 Å². The maximum absolute atomic E-state index is 2.39. The average Bonchev–Trinajstić information content (AvgIpc) is 2.35. The van der Waals surface area contributed by atoms with Crippen molar-refractivity contribution in [3.8, 4) is 0 Å². The van der Waals surface area contributed by atoms with E-state index < -0.39 is 0 Å². The van der Waals surface area contributed by atoms with Gasteiger partial charge < -0.3 is 0 Å². The smallest absolute Gasteiger partial charge is 0.00904 e. The second kappa shape index (κ2) is 9.27. The lowest BCUT2D eigenvalue weighted by atomic mass is 10.0. The summed E-state index contributed by atoms with van der Waals surface area (Å²) in [6.45, 7) is 4.47. The molecule has 0 heterocycles. The van der Waals surface area contributed by atoms with E-state index in [1.807, 2.05) is 0 Å². The molecule has 0 aliphatic carbocycles. The highest BCUT2D eigenvalue weighted by atomic mass is 14.0. The molecule has 0 saturated heterocycles. The van der Waals surface area contributed by atoms with Crippen LogP contribution in [0.25, 0.3) is 0 Å². The van der Waals surface area contributed by atoms with E-state index in [0.717, 1.165) is 0 Å². The molecule has 0 bridgehead atoms. The summed E-state index contributed by atoms with van der Waals surface area (Å²) < 4.78 is 0. The van der Waals surface area contributed by atoms with E-state index in [-0.39, 0.29) is 0 Å². The molecule has 95 valence electrons. The summed E-state index contributed by atoms with van der Waals surface area (Å²) in [7, 11) is 0. The fourth-order valence-corrected chi connectivity index (χ4v) is 2.17. The van der Waals surface area contributed by atoms with Gasteiger partial charge in [-0.15, -0.1) is 0 Å². The van der Waals surface area contributed by atoms with Gasteiger partial charge in [0.15, 0.2) is 0 Å². The minimum atomic E-state index is 1.23. The summed E-state index contributed by atoms with van der Waals surface area (Å²) >= 11 is 0. The van der Waals surface area contributed by atoms with Crippen LogP contribution in [0.2, 0.25) is 0 Å². The van der Waals surface area contributed by atoms with Gasteiger partial charge in [0.25, 0.3) is 0 Å². The van der Waals surface area contributed by atoms with Crippen LogP contribution in [0.1, 0.15) is 69.4 Å². The van der Waals surface area contributed by atoms with Gasteiger partial charge in [-0.1, -0.05) is 76.1 Å². The van der Waals surface area contributed by atoms with Crippen LogP contribution in [0.3, 0.4) is 0 Å². The molecule has 17 heavy (non-hydrogen) atoms. The Hall–Kier alpha value is -0.780. The van der Waals surface area contributed by atoms with Crippen molar-refractivity contribution in [3.05, 3.63) is 41.8 Å². The molecule has 0 aliphatic heterocycles. The van der Waals surface area contributed by atoms with Crippen LogP contribution in [0, 0.1) is 13.3 Å². The Labute approximate surface area is 107 Å². The molecule has 1 rings (SSSR count). The van der Waals surface area contributed by atoms with Gasteiger partial charge in [0.05, 0.1) is 0 Å². The molecule has 0 aliphatic rings. The Kier molecular flexibility index (Phi) is 7.79. The number of aryl methyl sites for hydroxylation is 1. The van der Waals surface area contributed by atoms with Gasteiger partial charge in [-0.25, -0.2) is 0 Å². The van der Waals surface area contributed by atoms with Crippen LogP contribution < -0.4 is 0 Å². The van der Waals surface area contributed by atoms with Gasteiger partial charge in [0.2, 0.25) is 0 Å².